The first kappa shape index (κ1) is 16.8. The number of aromatic carboxylic acids is 1. The average Bonchev–Trinajstić information content (AvgIpc) is 2.43. The maximum absolute atomic E-state index is 12.2. The van der Waals surface area contributed by atoms with Gasteiger partial charge in [-0.3, -0.25) is 0 Å². The number of carboxylic acid groups (broad SMARTS) is 1. The third-order valence-electron chi connectivity index (χ3n) is 2.85. The molecule has 7 heteroatoms. The van der Waals surface area contributed by atoms with Crippen molar-refractivity contribution in [3.05, 3.63) is 28.8 Å². The minimum Gasteiger partial charge on any atom is -0.478 e. The molecule has 0 fully saturated rings. The molecule has 2 N–H and O–H groups in total. The summed E-state index contributed by atoms with van der Waals surface area (Å²) in [5, 5.41) is 20.5. The number of amides is 2. The second-order valence-corrected chi connectivity index (χ2v) is 4.87. The van der Waals surface area contributed by atoms with Crippen molar-refractivity contribution in [2.24, 2.45) is 5.92 Å². The molecule has 1 aromatic rings. The van der Waals surface area contributed by atoms with Crippen molar-refractivity contribution in [2.75, 3.05) is 18.4 Å². The summed E-state index contributed by atoms with van der Waals surface area (Å²) in [4.78, 5) is 24.8. The van der Waals surface area contributed by atoms with Crippen LogP contribution in [0.4, 0.5) is 10.5 Å². The second-order valence-electron chi connectivity index (χ2n) is 4.47. The summed E-state index contributed by atoms with van der Waals surface area (Å²) < 4.78 is 0. The predicted octanol–water partition coefficient (Wildman–Crippen LogP) is 3.05. The molecule has 1 rings (SSSR count). The zero-order chi connectivity index (χ0) is 16.0. The van der Waals surface area contributed by atoms with Gasteiger partial charge in [0.05, 0.1) is 22.7 Å². The quantitative estimate of drug-likeness (QED) is 0.874. The van der Waals surface area contributed by atoms with E-state index < -0.39 is 12.0 Å². The van der Waals surface area contributed by atoms with E-state index in [4.69, 9.17) is 22.0 Å². The molecular formula is C14H16ClN3O3. The molecule has 0 saturated carbocycles. The first-order valence-corrected chi connectivity index (χ1v) is 6.75. The largest absolute Gasteiger partial charge is 0.478 e. The SMILES string of the molecule is CCN(CC(C)C#N)C(=O)Nc1cccc(Cl)c1C(=O)O. The lowest BCUT2D eigenvalue weighted by Crippen LogP contribution is -2.37. The van der Waals surface area contributed by atoms with Crippen LogP contribution >= 0.6 is 11.6 Å². The fourth-order valence-corrected chi connectivity index (χ4v) is 2.02. The van der Waals surface area contributed by atoms with Gasteiger partial charge in [0.1, 0.15) is 5.56 Å². The van der Waals surface area contributed by atoms with Gasteiger partial charge in [-0.1, -0.05) is 17.7 Å². The van der Waals surface area contributed by atoms with Gasteiger partial charge in [-0.15, -0.1) is 0 Å². The number of nitriles is 1. The lowest BCUT2D eigenvalue weighted by Gasteiger charge is -2.23. The molecule has 21 heavy (non-hydrogen) atoms. The number of nitrogens with one attached hydrogen (secondary N) is 1. The maximum Gasteiger partial charge on any atom is 0.339 e. The van der Waals surface area contributed by atoms with Gasteiger partial charge in [-0.25, -0.2) is 9.59 Å². The Hall–Kier alpha value is -2.26. The minimum absolute atomic E-state index is 0.0498. The molecule has 0 aliphatic rings. The van der Waals surface area contributed by atoms with Crippen LogP contribution < -0.4 is 5.32 Å². The number of rotatable bonds is 5. The van der Waals surface area contributed by atoms with Crippen molar-refractivity contribution < 1.29 is 14.7 Å². The Morgan fingerprint density at radius 3 is 2.71 bits per heavy atom. The van der Waals surface area contributed by atoms with Gasteiger partial charge in [-0.2, -0.15) is 5.26 Å². The number of urea groups is 1. The highest BCUT2D eigenvalue weighted by Gasteiger charge is 2.19. The van der Waals surface area contributed by atoms with E-state index in [0.717, 1.165) is 0 Å². The zero-order valence-corrected chi connectivity index (χ0v) is 12.5. The fourth-order valence-electron chi connectivity index (χ4n) is 1.77. The number of nitrogens with zero attached hydrogens (tertiary/aromatic N) is 2. The number of hydrogen-bond donors (Lipinski definition) is 2. The number of hydrogen-bond acceptors (Lipinski definition) is 3. The zero-order valence-electron chi connectivity index (χ0n) is 11.8. The summed E-state index contributed by atoms with van der Waals surface area (Å²) in [6.07, 6.45) is 0. The van der Waals surface area contributed by atoms with Crippen molar-refractivity contribution in [3.63, 3.8) is 0 Å². The van der Waals surface area contributed by atoms with Crippen molar-refractivity contribution in [1.29, 1.82) is 5.26 Å². The maximum atomic E-state index is 12.2. The van der Waals surface area contributed by atoms with Gasteiger partial charge in [0.15, 0.2) is 0 Å². The summed E-state index contributed by atoms with van der Waals surface area (Å²) in [7, 11) is 0. The standard InChI is InChI=1S/C14H16ClN3O3/c1-3-18(8-9(2)7-16)14(21)17-11-6-4-5-10(15)12(11)13(19)20/h4-6,9H,3,8H2,1-2H3,(H,17,21)(H,19,20). The molecule has 1 unspecified atom stereocenters. The molecule has 0 heterocycles. The summed E-state index contributed by atoms with van der Waals surface area (Å²) in [5.74, 6) is -1.53. The molecule has 0 aliphatic carbocycles. The first-order valence-electron chi connectivity index (χ1n) is 6.38. The van der Waals surface area contributed by atoms with E-state index in [0.29, 0.717) is 6.54 Å². The van der Waals surface area contributed by atoms with E-state index in [2.05, 4.69) is 11.4 Å². The molecule has 0 radical (unpaired) electrons. The second kappa shape index (κ2) is 7.50. The highest BCUT2D eigenvalue weighted by Crippen LogP contribution is 2.24. The number of carbonyl (C=O) groups is 2. The monoisotopic (exact) mass is 309 g/mol. The van der Waals surface area contributed by atoms with E-state index in [-0.39, 0.29) is 28.7 Å². The van der Waals surface area contributed by atoms with Crippen LogP contribution in [-0.2, 0) is 0 Å². The molecule has 112 valence electrons. The topological polar surface area (TPSA) is 93.4 Å². The smallest absolute Gasteiger partial charge is 0.339 e. The Morgan fingerprint density at radius 2 is 2.19 bits per heavy atom. The van der Waals surface area contributed by atoms with Crippen LogP contribution in [-0.4, -0.2) is 35.1 Å². The lowest BCUT2D eigenvalue weighted by molar-refractivity contribution is 0.0698. The Labute approximate surface area is 127 Å². The van der Waals surface area contributed by atoms with E-state index in [1.54, 1.807) is 19.9 Å². The molecule has 0 saturated heterocycles. The van der Waals surface area contributed by atoms with Crippen LogP contribution in [0.5, 0.6) is 0 Å². The van der Waals surface area contributed by atoms with Gasteiger partial charge < -0.3 is 15.3 Å². The van der Waals surface area contributed by atoms with E-state index in [9.17, 15) is 9.59 Å². The summed E-state index contributed by atoms with van der Waals surface area (Å²) >= 11 is 5.84. The summed E-state index contributed by atoms with van der Waals surface area (Å²) in [6, 6.07) is 6.04. The number of carbonyl (C=O) groups excluding carboxylic acids is 1. The average molecular weight is 310 g/mol. The number of halogens is 1. The van der Waals surface area contributed by atoms with Crippen LogP contribution in [0.2, 0.25) is 5.02 Å². The summed E-state index contributed by atoms with van der Waals surface area (Å²) in [6.45, 7) is 4.15. The van der Waals surface area contributed by atoms with Crippen LogP contribution in [0.15, 0.2) is 18.2 Å². The third kappa shape index (κ3) is 4.36. The fraction of sp³-hybridized carbons (Fsp3) is 0.357. The Balaban J connectivity index is 2.95. The van der Waals surface area contributed by atoms with E-state index >= 15 is 0 Å². The van der Waals surface area contributed by atoms with Crippen molar-refractivity contribution >= 4 is 29.3 Å². The molecule has 0 spiro atoms. The number of anilines is 1. The van der Waals surface area contributed by atoms with Gasteiger partial charge in [0.25, 0.3) is 0 Å². The van der Waals surface area contributed by atoms with Crippen LogP contribution in [0.3, 0.4) is 0 Å². The predicted molar refractivity (Wildman–Crippen MR) is 79.5 cm³/mol. The van der Waals surface area contributed by atoms with Gasteiger partial charge in [0.2, 0.25) is 0 Å². The summed E-state index contributed by atoms with van der Waals surface area (Å²) in [5.41, 5.74) is -0.0278. The van der Waals surface area contributed by atoms with Crippen molar-refractivity contribution in [1.82, 2.24) is 4.90 Å². The van der Waals surface area contributed by atoms with Gasteiger partial charge in [-0.05, 0) is 26.0 Å². The van der Waals surface area contributed by atoms with Gasteiger partial charge >= 0.3 is 12.0 Å². The van der Waals surface area contributed by atoms with Crippen LogP contribution in [0.1, 0.15) is 24.2 Å². The Kier molecular flexibility index (Phi) is 6.00. The molecule has 6 nitrogen and oxygen atoms in total. The molecule has 0 aromatic heterocycles. The number of carboxylic acids is 1. The van der Waals surface area contributed by atoms with E-state index in [1.165, 1.54) is 17.0 Å². The highest BCUT2D eigenvalue weighted by molar-refractivity contribution is 6.34. The highest BCUT2D eigenvalue weighted by atomic mass is 35.5. The minimum atomic E-state index is -1.22. The van der Waals surface area contributed by atoms with Crippen molar-refractivity contribution in [3.8, 4) is 6.07 Å². The molecule has 1 aromatic carbocycles. The van der Waals surface area contributed by atoms with Crippen LogP contribution in [0, 0.1) is 17.2 Å². The van der Waals surface area contributed by atoms with Gasteiger partial charge in [0, 0.05) is 13.1 Å². The van der Waals surface area contributed by atoms with Crippen molar-refractivity contribution in [2.45, 2.75) is 13.8 Å². The molecule has 2 amide bonds. The van der Waals surface area contributed by atoms with E-state index in [1.807, 2.05) is 0 Å². The lowest BCUT2D eigenvalue weighted by atomic mass is 10.1. The Bertz CT molecular complexity index is 583. The number of benzene rings is 1. The molecule has 0 aliphatic heterocycles. The Morgan fingerprint density at radius 1 is 1.52 bits per heavy atom. The normalized spacial score (nSPS) is 11.3. The first-order chi connectivity index (χ1) is 9.90. The van der Waals surface area contributed by atoms with Crippen LogP contribution in [0.25, 0.3) is 0 Å². The third-order valence-corrected chi connectivity index (χ3v) is 3.17. The molecular weight excluding hydrogens is 294 g/mol. The molecule has 1 atom stereocenters. The molecule has 0 bridgehead atoms.